The Hall–Kier alpha value is -1.51. The maximum atomic E-state index is 5.13. The Morgan fingerprint density at radius 1 is 1.50 bits per heavy atom. The molecule has 1 aromatic rings. The Balaban J connectivity index is 3.02. The summed E-state index contributed by atoms with van der Waals surface area (Å²) in [5.41, 5.74) is 2.06. The first kappa shape index (κ1) is 8.59. The minimum atomic E-state index is 0.457. The smallest absolute Gasteiger partial charge is 0.237 e. The number of methoxy groups -OCH3 is 1. The lowest BCUT2D eigenvalue weighted by atomic mass is 10.1. The molecule has 12 heavy (non-hydrogen) atoms. The van der Waals surface area contributed by atoms with Crippen LogP contribution in [0, 0.1) is 6.92 Å². The fourth-order valence-corrected chi connectivity index (χ4v) is 1.02. The van der Waals surface area contributed by atoms with Crippen LogP contribution in [0.3, 0.4) is 0 Å². The summed E-state index contributed by atoms with van der Waals surface area (Å²) in [4.78, 5) is 0. The van der Waals surface area contributed by atoms with E-state index in [1.165, 1.54) is 0 Å². The van der Waals surface area contributed by atoms with Crippen LogP contribution < -0.4 is 5.84 Å². The average molecular weight is 164 g/mol. The third kappa shape index (κ3) is 1.75. The first-order chi connectivity index (χ1) is 5.77. The van der Waals surface area contributed by atoms with Gasteiger partial charge in [-0.05, 0) is 19.1 Å². The maximum Gasteiger partial charge on any atom is 0.237 e. The van der Waals surface area contributed by atoms with Crippen LogP contribution in [-0.4, -0.2) is 13.0 Å². The van der Waals surface area contributed by atoms with Gasteiger partial charge >= 0.3 is 0 Å². The van der Waals surface area contributed by atoms with Crippen molar-refractivity contribution in [2.24, 2.45) is 10.9 Å². The van der Waals surface area contributed by atoms with Crippen molar-refractivity contribution in [2.45, 2.75) is 6.92 Å². The fraction of sp³-hybridized carbons (Fsp3) is 0.222. The normalized spacial score (nSPS) is 11.3. The van der Waals surface area contributed by atoms with Gasteiger partial charge in [-0.3, -0.25) is 0 Å². The van der Waals surface area contributed by atoms with Gasteiger partial charge in [-0.2, -0.15) is 0 Å². The van der Waals surface area contributed by atoms with E-state index >= 15 is 0 Å². The lowest BCUT2D eigenvalue weighted by Crippen LogP contribution is -2.06. The van der Waals surface area contributed by atoms with Crippen LogP contribution in [0.4, 0.5) is 0 Å². The number of hydrazone groups is 1. The molecule has 0 heterocycles. The summed E-state index contributed by atoms with van der Waals surface area (Å²) in [7, 11) is 1.55. The topological polar surface area (TPSA) is 47.6 Å². The van der Waals surface area contributed by atoms with Crippen LogP contribution in [0.1, 0.15) is 11.1 Å². The van der Waals surface area contributed by atoms with E-state index in [4.69, 9.17) is 10.6 Å². The average Bonchev–Trinajstić information content (AvgIpc) is 2.07. The van der Waals surface area contributed by atoms with Gasteiger partial charge in [0, 0.05) is 5.56 Å². The fourth-order valence-electron chi connectivity index (χ4n) is 1.02. The molecular weight excluding hydrogens is 152 g/mol. The van der Waals surface area contributed by atoms with Gasteiger partial charge in [0.15, 0.2) is 0 Å². The minimum absolute atomic E-state index is 0.457. The number of benzene rings is 1. The third-order valence-electron chi connectivity index (χ3n) is 1.58. The molecule has 1 rings (SSSR count). The first-order valence-corrected chi connectivity index (χ1v) is 3.67. The highest BCUT2D eigenvalue weighted by molar-refractivity contribution is 5.93. The highest BCUT2D eigenvalue weighted by Crippen LogP contribution is 2.05. The van der Waals surface area contributed by atoms with Crippen LogP contribution in [0.5, 0.6) is 0 Å². The third-order valence-corrected chi connectivity index (χ3v) is 1.58. The number of hydrogen-bond donors (Lipinski definition) is 1. The van der Waals surface area contributed by atoms with Gasteiger partial charge in [0.2, 0.25) is 5.90 Å². The molecule has 3 nitrogen and oxygen atoms in total. The summed E-state index contributed by atoms with van der Waals surface area (Å²) < 4.78 is 4.97. The van der Waals surface area contributed by atoms with E-state index in [-0.39, 0.29) is 0 Å². The Morgan fingerprint density at radius 2 is 2.25 bits per heavy atom. The van der Waals surface area contributed by atoms with Crippen molar-refractivity contribution in [1.29, 1.82) is 0 Å². The molecule has 3 heteroatoms. The van der Waals surface area contributed by atoms with E-state index in [0.29, 0.717) is 5.90 Å². The maximum absolute atomic E-state index is 5.13. The van der Waals surface area contributed by atoms with Gasteiger partial charge in [-0.1, -0.05) is 17.7 Å². The molecule has 0 saturated carbocycles. The molecule has 0 atom stereocenters. The number of ether oxygens (including phenoxy) is 1. The van der Waals surface area contributed by atoms with Gasteiger partial charge in [-0.15, -0.1) is 5.10 Å². The van der Waals surface area contributed by atoms with Crippen molar-refractivity contribution >= 4 is 5.90 Å². The summed E-state index contributed by atoms with van der Waals surface area (Å²) >= 11 is 0. The Kier molecular flexibility index (Phi) is 2.69. The number of rotatable bonds is 1. The van der Waals surface area contributed by atoms with Crippen molar-refractivity contribution in [3.63, 3.8) is 0 Å². The molecule has 0 aromatic heterocycles. The largest absolute Gasteiger partial charge is 0.480 e. The van der Waals surface area contributed by atoms with Gasteiger partial charge < -0.3 is 10.6 Å². The summed E-state index contributed by atoms with van der Waals surface area (Å²) in [5, 5.41) is 3.51. The highest BCUT2D eigenvalue weighted by atomic mass is 16.5. The molecular formula is C9H12N2O. The monoisotopic (exact) mass is 164 g/mol. The number of hydrogen-bond acceptors (Lipinski definition) is 3. The molecule has 0 radical (unpaired) electrons. The second kappa shape index (κ2) is 3.76. The van der Waals surface area contributed by atoms with Crippen LogP contribution in [-0.2, 0) is 4.74 Å². The zero-order valence-corrected chi connectivity index (χ0v) is 7.24. The van der Waals surface area contributed by atoms with E-state index in [1.807, 2.05) is 31.2 Å². The van der Waals surface area contributed by atoms with Crippen molar-refractivity contribution in [1.82, 2.24) is 0 Å². The number of aryl methyl sites for hydroxylation is 1. The number of nitrogens with zero attached hydrogens (tertiary/aromatic N) is 1. The van der Waals surface area contributed by atoms with Crippen LogP contribution in [0.25, 0.3) is 0 Å². The molecule has 0 aliphatic carbocycles. The predicted octanol–water partition coefficient (Wildman–Crippen LogP) is 1.26. The molecule has 1 aromatic carbocycles. The molecule has 64 valence electrons. The van der Waals surface area contributed by atoms with E-state index in [1.54, 1.807) is 7.11 Å². The van der Waals surface area contributed by atoms with Crippen molar-refractivity contribution in [3.05, 3.63) is 35.4 Å². The first-order valence-electron chi connectivity index (χ1n) is 3.67. The molecule has 0 bridgehead atoms. The second-order valence-electron chi connectivity index (χ2n) is 2.51. The highest BCUT2D eigenvalue weighted by Gasteiger charge is 2.01. The Bertz CT molecular complexity index is 294. The van der Waals surface area contributed by atoms with Crippen molar-refractivity contribution in [3.8, 4) is 0 Å². The van der Waals surface area contributed by atoms with Gasteiger partial charge in [0.05, 0.1) is 7.11 Å². The van der Waals surface area contributed by atoms with Gasteiger partial charge in [-0.25, -0.2) is 0 Å². The van der Waals surface area contributed by atoms with E-state index in [9.17, 15) is 0 Å². The summed E-state index contributed by atoms with van der Waals surface area (Å²) in [6.07, 6.45) is 0. The molecule has 0 amide bonds. The molecule has 0 unspecified atom stereocenters. The standard InChI is InChI=1S/C9H12N2O/c1-7-4-3-5-8(6-7)9(11-10)12-2/h3-6H,10H2,1-2H3. The van der Waals surface area contributed by atoms with Gasteiger partial charge in [0.25, 0.3) is 0 Å². The lowest BCUT2D eigenvalue weighted by Gasteiger charge is -2.03. The minimum Gasteiger partial charge on any atom is -0.480 e. The Morgan fingerprint density at radius 3 is 2.75 bits per heavy atom. The molecule has 0 aliphatic rings. The quantitative estimate of drug-likeness (QED) is 0.294. The number of nitrogens with two attached hydrogens (primary N) is 1. The zero-order valence-electron chi connectivity index (χ0n) is 7.24. The van der Waals surface area contributed by atoms with E-state index in [2.05, 4.69) is 5.10 Å². The Labute approximate surface area is 71.8 Å². The summed E-state index contributed by atoms with van der Waals surface area (Å²) in [6, 6.07) is 7.82. The van der Waals surface area contributed by atoms with Crippen LogP contribution in [0.15, 0.2) is 29.4 Å². The second-order valence-corrected chi connectivity index (χ2v) is 2.51. The van der Waals surface area contributed by atoms with Gasteiger partial charge in [0.1, 0.15) is 0 Å². The summed E-state index contributed by atoms with van der Waals surface area (Å²) in [6.45, 7) is 2.01. The van der Waals surface area contributed by atoms with E-state index in [0.717, 1.165) is 11.1 Å². The predicted molar refractivity (Wildman–Crippen MR) is 48.9 cm³/mol. The van der Waals surface area contributed by atoms with Crippen LogP contribution >= 0.6 is 0 Å². The van der Waals surface area contributed by atoms with E-state index < -0.39 is 0 Å². The van der Waals surface area contributed by atoms with Crippen molar-refractivity contribution in [2.75, 3.05) is 7.11 Å². The molecule has 0 aliphatic heterocycles. The molecule has 0 spiro atoms. The molecule has 0 fully saturated rings. The lowest BCUT2D eigenvalue weighted by molar-refractivity contribution is 0.403. The summed E-state index contributed by atoms with van der Waals surface area (Å²) in [5.74, 6) is 5.59. The molecule has 2 N–H and O–H groups in total. The molecule has 0 saturated heterocycles. The van der Waals surface area contributed by atoms with Crippen molar-refractivity contribution < 1.29 is 4.74 Å². The van der Waals surface area contributed by atoms with Crippen LogP contribution in [0.2, 0.25) is 0 Å². The zero-order chi connectivity index (χ0) is 8.97. The SMILES string of the molecule is COC(=NN)c1cccc(C)c1.